The maximum absolute atomic E-state index is 5.41. The summed E-state index contributed by atoms with van der Waals surface area (Å²) in [6, 6.07) is 2.01. The molecule has 0 aliphatic heterocycles. The Kier molecular flexibility index (Phi) is 3.41. The van der Waals surface area contributed by atoms with Crippen LogP contribution in [0.1, 0.15) is 33.6 Å². The summed E-state index contributed by atoms with van der Waals surface area (Å²) in [5.74, 6) is 0. The zero-order valence-electron chi connectivity index (χ0n) is 10.2. The zero-order chi connectivity index (χ0) is 12.6. The van der Waals surface area contributed by atoms with Crippen LogP contribution in [0.3, 0.4) is 0 Å². The lowest BCUT2D eigenvalue weighted by molar-refractivity contribution is 0.328. The van der Waals surface area contributed by atoms with Crippen LogP contribution in [-0.4, -0.2) is 14.5 Å². The van der Waals surface area contributed by atoms with Crippen LogP contribution in [0, 0.1) is 4.77 Å². The maximum Gasteiger partial charge on any atom is 0.179 e. The van der Waals surface area contributed by atoms with Gasteiger partial charge in [0.2, 0.25) is 0 Å². The molecule has 17 heavy (non-hydrogen) atoms. The second-order valence-electron chi connectivity index (χ2n) is 4.85. The van der Waals surface area contributed by atoms with Gasteiger partial charge in [-0.05, 0) is 54.5 Å². The van der Waals surface area contributed by atoms with Crippen LogP contribution in [0.5, 0.6) is 0 Å². The fourth-order valence-electron chi connectivity index (χ4n) is 2.25. The van der Waals surface area contributed by atoms with Crippen LogP contribution >= 0.6 is 28.1 Å². The van der Waals surface area contributed by atoms with E-state index in [0.717, 1.165) is 33.2 Å². The van der Waals surface area contributed by atoms with Crippen molar-refractivity contribution in [2.24, 2.45) is 0 Å². The molecule has 2 aromatic heterocycles. The minimum absolute atomic E-state index is 0.00902. The van der Waals surface area contributed by atoms with Crippen molar-refractivity contribution >= 4 is 39.3 Å². The molecule has 0 bridgehead atoms. The second-order valence-corrected chi connectivity index (χ2v) is 6.16. The summed E-state index contributed by atoms with van der Waals surface area (Å²) < 4.78 is 3.82. The van der Waals surface area contributed by atoms with Gasteiger partial charge in [-0.1, -0.05) is 13.3 Å². The van der Waals surface area contributed by atoms with Gasteiger partial charge in [0.25, 0.3) is 0 Å². The third-order valence-corrected chi connectivity index (χ3v) is 3.68. The van der Waals surface area contributed by atoms with E-state index >= 15 is 0 Å². The van der Waals surface area contributed by atoms with E-state index in [2.05, 4.69) is 51.2 Å². The molecule has 2 heterocycles. The quantitative estimate of drug-likeness (QED) is 0.852. The number of fused-ring (bicyclic) bond motifs is 1. The first kappa shape index (κ1) is 12.8. The molecule has 0 saturated heterocycles. The Balaban J connectivity index is 2.69. The van der Waals surface area contributed by atoms with Crippen molar-refractivity contribution < 1.29 is 0 Å². The van der Waals surface area contributed by atoms with E-state index in [1.807, 2.05) is 12.3 Å². The second kappa shape index (κ2) is 4.53. The van der Waals surface area contributed by atoms with Crippen molar-refractivity contribution in [1.82, 2.24) is 14.5 Å². The Morgan fingerprint density at radius 2 is 2.24 bits per heavy atom. The standard InChI is InChI=1S/C12H16BrN3S/c1-4-5-12(2,3)16-10-9(15-11(16)17)6-8(13)7-14-10/h6-7H,4-5H2,1-3H3,(H,15,17). The Morgan fingerprint density at radius 3 is 2.88 bits per heavy atom. The summed E-state index contributed by atoms with van der Waals surface area (Å²) in [5, 5.41) is 0. The van der Waals surface area contributed by atoms with E-state index in [9.17, 15) is 0 Å². The first-order valence-corrected chi connectivity index (χ1v) is 6.92. The number of aromatic nitrogens is 3. The van der Waals surface area contributed by atoms with Gasteiger partial charge in [0.1, 0.15) is 0 Å². The van der Waals surface area contributed by atoms with Gasteiger partial charge in [-0.25, -0.2) is 4.98 Å². The van der Waals surface area contributed by atoms with Gasteiger partial charge in [0.05, 0.1) is 5.52 Å². The fraction of sp³-hybridized carbons (Fsp3) is 0.500. The summed E-state index contributed by atoms with van der Waals surface area (Å²) in [6.07, 6.45) is 4.01. The molecule has 0 fully saturated rings. The van der Waals surface area contributed by atoms with Gasteiger partial charge in [0.15, 0.2) is 10.4 Å². The lowest BCUT2D eigenvalue weighted by Crippen LogP contribution is -2.26. The number of H-pyrrole nitrogens is 1. The van der Waals surface area contributed by atoms with Crippen molar-refractivity contribution in [2.45, 2.75) is 39.2 Å². The fourth-order valence-corrected chi connectivity index (χ4v) is 3.03. The molecule has 0 aliphatic carbocycles. The van der Waals surface area contributed by atoms with E-state index in [1.54, 1.807) is 0 Å². The van der Waals surface area contributed by atoms with E-state index in [-0.39, 0.29) is 5.54 Å². The third kappa shape index (κ3) is 2.31. The largest absolute Gasteiger partial charge is 0.329 e. The molecule has 0 aromatic carbocycles. The minimum atomic E-state index is -0.00902. The molecule has 0 unspecified atom stereocenters. The Labute approximate surface area is 114 Å². The van der Waals surface area contributed by atoms with Gasteiger partial charge in [-0.3, -0.25) is 4.57 Å². The van der Waals surface area contributed by atoms with Gasteiger partial charge in [-0.2, -0.15) is 0 Å². The third-order valence-electron chi connectivity index (χ3n) is 2.96. The molecule has 5 heteroatoms. The zero-order valence-corrected chi connectivity index (χ0v) is 12.7. The highest BCUT2D eigenvalue weighted by Gasteiger charge is 2.23. The van der Waals surface area contributed by atoms with E-state index in [1.165, 1.54) is 0 Å². The number of hydrogen-bond donors (Lipinski definition) is 1. The Morgan fingerprint density at radius 1 is 1.53 bits per heavy atom. The van der Waals surface area contributed by atoms with Gasteiger partial charge in [0, 0.05) is 16.2 Å². The van der Waals surface area contributed by atoms with Crippen molar-refractivity contribution in [2.75, 3.05) is 0 Å². The van der Waals surface area contributed by atoms with Crippen LogP contribution in [0.15, 0.2) is 16.7 Å². The highest BCUT2D eigenvalue weighted by molar-refractivity contribution is 9.10. The monoisotopic (exact) mass is 313 g/mol. The first-order chi connectivity index (χ1) is 7.95. The lowest BCUT2D eigenvalue weighted by Gasteiger charge is -2.26. The van der Waals surface area contributed by atoms with Crippen LogP contribution in [0.25, 0.3) is 11.2 Å². The number of hydrogen-bond acceptors (Lipinski definition) is 2. The van der Waals surface area contributed by atoms with Gasteiger partial charge >= 0.3 is 0 Å². The predicted octanol–water partition coefficient (Wildman–Crippen LogP) is 4.39. The highest BCUT2D eigenvalue weighted by atomic mass is 79.9. The maximum atomic E-state index is 5.41. The topological polar surface area (TPSA) is 33.6 Å². The average Bonchev–Trinajstić information content (AvgIpc) is 2.53. The van der Waals surface area contributed by atoms with Crippen LogP contribution in [0.2, 0.25) is 0 Å². The number of nitrogens with one attached hydrogen (secondary N) is 1. The van der Waals surface area contributed by atoms with Crippen molar-refractivity contribution in [3.63, 3.8) is 0 Å². The number of halogens is 1. The van der Waals surface area contributed by atoms with Crippen molar-refractivity contribution in [3.05, 3.63) is 21.5 Å². The highest BCUT2D eigenvalue weighted by Crippen LogP contribution is 2.27. The minimum Gasteiger partial charge on any atom is -0.329 e. The lowest BCUT2D eigenvalue weighted by atomic mass is 9.99. The molecule has 92 valence electrons. The predicted molar refractivity (Wildman–Crippen MR) is 76.8 cm³/mol. The Hall–Kier alpha value is -0.680. The van der Waals surface area contributed by atoms with Crippen LogP contribution in [0.4, 0.5) is 0 Å². The molecule has 1 N–H and O–H groups in total. The molecule has 0 saturated carbocycles. The first-order valence-electron chi connectivity index (χ1n) is 5.72. The molecular formula is C12H16BrN3S. The average molecular weight is 314 g/mol. The molecule has 0 amide bonds. The number of imidazole rings is 1. The summed E-state index contributed by atoms with van der Waals surface area (Å²) in [4.78, 5) is 7.69. The molecule has 0 aliphatic rings. The molecular weight excluding hydrogens is 298 g/mol. The molecule has 0 radical (unpaired) electrons. The molecule has 2 aromatic rings. The van der Waals surface area contributed by atoms with Crippen LogP contribution < -0.4 is 0 Å². The van der Waals surface area contributed by atoms with Crippen molar-refractivity contribution in [3.8, 4) is 0 Å². The summed E-state index contributed by atoms with van der Waals surface area (Å²) in [5.41, 5.74) is 1.90. The van der Waals surface area contributed by atoms with E-state index < -0.39 is 0 Å². The smallest absolute Gasteiger partial charge is 0.179 e. The SMILES string of the molecule is CCCC(C)(C)n1c(=S)[nH]c2cc(Br)cnc21. The number of pyridine rings is 1. The molecule has 0 atom stereocenters. The van der Waals surface area contributed by atoms with E-state index in [0.29, 0.717) is 0 Å². The summed E-state index contributed by atoms with van der Waals surface area (Å²) in [7, 11) is 0. The molecule has 3 nitrogen and oxygen atoms in total. The summed E-state index contributed by atoms with van der Waals surface area (Å²) in [6.45, 7) is 6.58. The van der Waals surface area contributed by atoms with Gasteiger partial charge < -0.3 is 4.98 Å². The molecule has 0 spiro atoms. The molecule has 2 rings (SSSR count). The van der Waals surface area contributed by atoms with Crippen molar-refractivity contribution in [1.29, 1.82) is 0 Å². The van der Waals surface area contributed by atoms with Gasteiger partial charge in [-0.15, -0.1) is 0 Å². The Bertz CT molecular complexity index is 597. The normalized spacial score (nSPS) is 12.2. The number of rotatable bonds is 3. The summed E-state index contributed by atoms with van der Waals surface area (Å²) >= 11 is 8.83. The van der Waals surface area contributed by atoms with Crippen LogP contribution in [-0.2, 0) is 5.54 Å². The number of nitrogens with zero attached hydrogens (tertiary/aromatic N) is 2. The number of aromatic amines is 1. The van der Waals surface area contributed by atoms with E-state index in [4.69, 9.17) is 12.2 Å².